The largest absolute Gasteiger partial charge is 0.594 e. The van der Waals surface area contributed by atoms with Crippen LogP contribution in [0.4, 0.5) is 17.1 Å². The molecule has 16 heavy (non-hydrogen) atoms. The number of nitrogen functional groups attached to an aromatic ring is 1. The van der Waals surface area contributed by atoms with Crippen molar-refractivity contribution in [3.8, 4) is 0 Å². The van der Waals surface area contributed by atoms with Crippen molar-refractivity contribution in [3.05, 3.63) is 59.8 Å². The zero-order valence-electron chi connectivity index (χ0n) is 8.58. The summed E-state index contributed by atoms with van der Waals surface area (Å²) in [4.78, 5) is 0.578. The van der Waals surface area contributed by atoms with Gasteiger partial charge in [0.1, 0.15) is 5.69 Å². The molecule has 0 aliphatic heterocycles. The molecule has 4 heteroatoms. The Bertz CT molecular complexity index is 491. The monoisotopic (exact) mass is 213 g/mol. The van der Waals surface area contributed by atoms with Gasteiger partial charge in [0.25, 0.3) is 0 Å². The molecule has 0 heterocycles. The Morgan fingerprint density at radius 2 is 1.56 bits per heavy atom. The lowest BCUT2D eigenvalue weighted by Gasteiger charge is -1.99. The van der Waals surface area contributed by atoms with Crippen LogP contribution in [0.2, 0.25) is 0 Å². The van der Waals surface area contributed by atoms with Gasteiger partial charge >= 0.3 is 0 Å². The molecule has 0 unspecified atom stereocenters. The summed E-state index contributed by atoms with van der Waals surface area (Å²) in [5.41, 5.74) is 7.23. The molecule has 0 aliphatic carbocycles. The third kappa shape index (κ3) is 2.36. The molecule has 0 aromatic heterocycles. The van der Waals surface area contributed by atoms with Gasteiger partial charge in [-0.1, -0.05) is 23.1 Å². The molecule has 0 bridgehead atoms. The van der Waals surface area contributed by atoms with E-state index in [1.165, 1.54) is 0 Å². The molecule has 2 N–H and O–H groups in total. The molecule has 0 spiro atoms. The summed E-state index contributed by atoms with van der Waals surface area (Å²) in [5, 5.41) is 15.5. The van der Waals surface area contributed by atoms with Gasteiger partial charge in [0.15, 0.2) is 0 Å². The number of hydrogen-bond donors (Lipinski definition) is 1. The van der Waals surface area contributed by atoms with E-state index in [1.54, 1.807) is 36.4 Å². The fraction of sp³-hybridized carbons (Fsp3) is 0. The Morgan fingerprint density at radius 3 is 2.19 bits per heavy atom. The van der Waals surface area contributed by atoms with Crippen molar-refractivity contribution in [1.82, 2.24) is 0 Å². The smallest absolute Gasteiger partial charge is 0.245 e. The molecular formula is C12H11N3O. The number of nitrogens with two attached hydrogens (primary N) is 1. The Hall–Kier alpha value is -2.36. The summed E-state index contributed by atoms with van der Waals surface area (Å²) < 4.78 is 0. The van der Waals surface area contributed by atoms with Crippen molar-refractivity contribution in [3.63, 3.8) is 0 Å². The Labute approximate surface area is 93.2 Å². The van der Waals surface area contributed by atoms with Crippen LogP contribution in [0.25, 0.3) is 0 Å². The summed E-state index contributed by atoms with van der Waals surface area (Å²) in [5.74, 6) is 0. The molecule has 0 saturated carbocycles. The highest BCUT2D eigenvalue weighted by Crippen LogP contribution is 2.17. The first-order valence-electron chi connectivity index (χ1n) is 4.85. The van der Waals surface area contributed by atoms with Crippen molar-refractivity contribution in [1.29, 1.82) is 0 Å². The number of benzene rings is 2. The second kappa shape index (κ2) is 4.44. The Morgan fingerprint density at radius 1 is 0.938 bits per heavy atom. The maximum Gasteiger partial charge on any atom is 0.245 e. The Kier molecular flexibility index (Phi) is 2.82. The summed E-state index contributed by atoms with van der Waals surface area (Å²) in [6.07, 6.45) is 0. The van der Waals surface area contributed by atoms with Crippen LogP contribution in [0.3, 0.4) is 0 Å². The maximum atomic E-state index is 11.6. The number of nitrogens with zero attached hydrogens (tertiary/aromatic N) is 2. The zero-order valence-corrected chi connectivity index (χ0v) is 8.58. The number of anilines is 1. The van der Waals surface area contributed by atoms with Crippen molar-refractivity contribution in [2.24, 2.45) is 5.11 Å². The minimum absolute atomic E-state index is 0.457. The zero-order chi connectivity index (χ0) is 11.4. The van der Waals surface area contributed by atoms with Crippen LogP contribution in [0.1, 0.15) is 0 Å². The van der Waals surface area contributed by atoms with Crippen LogP contribution in [-0.2, 0) is 0 Å². The van der Waals surface area contributed by atoms with Gasteiger partial charge in [-0.3, -0.25) is 0 Å². The average molecular weight is 213 g/mol. The van der Waals surface area contributed by atoms with Gasteiger partial charge in [0, 0.05) is 22.9 Å². The van der Waals surface area contributed by atoms with E-state index in [0.717, 1.165) is 0 Å². The molecule has 4 nitrogen and oxygen atoms in total. The molecule has 0 saturated heterocycles. The standard InChI is InChI=1S/C12H11N3O/c13-10-6-8-12(9-7-10)15(16)14-11-4-2-1-3-5-11/h1-9H,13H2. The van der Waals surface area contributed by atoms with Crippen LogP contribution >= 0.6 is 0 Å². The first-order chi connectivity index (χ1) is 7.75. The molecular weight excluding hydrogens is 202 g/mol. The summed E-state index contributed by atoms with van der Waals surface area (Å²) >= 11 is 0. The third-order valence-electron chi connectivity index (χ3n) is 2.08. The van der Waals surface area contributed by atoms with Crippen LogP contribution in [0.5, 0.6) is 0 Å². The first-order valence-corrected chi connectivity index (χ1v) is 4.85. The van der Waals surface area contributed by atoms with Gasteiger partial charge in [0.2, 0.25) is 5.69 Å². The van der Waals surface area contributed by atoms with Crippen molar-refractivity contribution in [2.75, 3.05) is 5.73 Å². The molecule has 0 fully saturated rings. The van der Waals surface area contributed by atoms with E-state index >= 15 is 0 Å². The highest BCUT2D eigenvalue weighted by atomic mass is 16.5. The van der Waals surface area contributed by atoms with E-state index in [4.69, 9.17) is 5.73 Å². The van der Waals surface area contributed by atoms with Crippen molar-refractivity contribution in [2.45, 2.75) is 0 Å². The fourth-order valence-electron chi connectivity index (χ4n) is 1.26. The van der Waals surface area contributed by atoms with E-state index in [1.807, 2.05) is 18.2 Å². The minimum atomic E-state index is 0.457. The van der Waals surface area contributed by atoms with E-state index < -0.39 is 0 Å². The van der Waals surface area contributed by atoms with Gasteiger partial charge < -0.3 is 10.9 Å². The summed E-state index contributed by atoms with van der Waals surface area (Å²) in [6.45, 7) is 0. The topological polar surface area (TPSA) is 64.5 Å². The fourth-order valence-corrected chi connectivity index (χ4v) is 1.26. The minimum Gasteiger partial charge on any atom is -0.594 e. The molecule has 2 rings (SSSR count). The van der Waals surface area contributed by atoms with E-state index in [-0.39, 0.29) is 0 Å². The highest BCUT2D eigenvalue weighted by molar-refractivity contribution is 5.44. The van der Waals surface area contributed by atoms with E-state index in [2.05, 4.69) is 5.11 Å². The van der Waals surface area contributed by atoms with Crippen molar-refractivity contribution < 1.29 is 4.86 Å². The molecule has 0 amide bonds. The quantitative estimate of drug-likeness (QED) is 0.360. The van der Waals surface area contributed by atoms with Crippen LogP contribution < -0.4 is 5.73 Å². The van der Waals surface area contributed by atoms with Crippen molar-refractivity contribution >= 4 is 17.1 Å². The van der Waals surface area contributed by atoms with Crippen LogP contribution in [0, 0.1) is 5.21 Å². The lowest BCUT2D eigenvalue weighted by molar-refractivity contribution is -0.435. The molecule has 80 valence electrons. The molecule has 0 atom stereocenters. The number of hydrogen-bond acceptors (Lipinski definition) is 3. The number of rotatable bonds is 2. The second-order valence-corrected chi connectivity index (χ2v) is 3.30. The molecule has 2 aromatic carbocycles. The van der Waals surface area contributed by atoms with Gasteiger partial charge in [0.05, 0.1) is 0 Å². The molecule has 2 aromatic rings. The SMILES string of the molecule is Nc1ccc([N+]([O-])=Nc2ccccc2)cc1. The van der Waals surface area contributed by atoms with Gasteiger partial charge in [-0.25, -0.2) is 0 Å². The Balaban J connectivity index is 2.28. The summed E-state index contributed by atoms with van der Waals surface area (Å²) in [7, 11) is 0. The lowest BCUT2D eigenvalue weighted by Crippen LogP contribution is -1.91. The maximum absolute atomic E-state index is 11.6. The van der Waals surface area contributed by atoms with Gasteiger partial charge in [-0.15, -0.1) is 0 Å². The number of azo groups is 1. The predicted octanol–water partition coefficient (Wildman–Crippen LogP) is 3.19. The highest BCUT2D eigenvalue weighted by Gasteiger charge is 2.02. The predicted molar refractivity (Wildman–Crippen MR) is 62.7 cm³/mol. The van der Waals surface area contributed by atoms with Crippen LogP contribution in [-0.4, -0.2) is 4.86 Å². The third-order valence-corrected chi connectivity index (χ3v) is 2.08. The molecule has 0 radical (unpaired) electrons. The van der Waals surface area contributed by atoms with E-state index in [9.17, 15) is 5.21 Å². The van der Waals surface area contributed by atoms with Crippen LogP contribution in [0.15, 0.2) is 59.7 Å². The van der Waals surface area contributed by atoms with E-state index in [0.29, 0.717) is 21.9 Å². The average Bonchev–Trinajstić information content (AvgIpc) is 2.31. The van der Waals surface area contributed by atoms with Gasteiger partial charge in [-0.05, 0) is 24.3 Å². The van der Waals surface area contributed by atoms with Gasteiger partial charge in [-0.2, -0.15) is 0 Å². The lowest BCUT2D eigenvalue weighted by atomic mass is 10.3. The normalized spacial score (nSPS) is 11.4. The summed E-state index contributed by atoms with van der Waals surface area (Å²) in [6, 6.07) is 15.7. The first kappa shape index (κ1) is 10.2. The second-order valence-electron chi connectivity index (χ2n) is 3.30. The molecule has 0 aliphatic rings.